The maximum absolute atomic E-state index is 11.2. The van der Waals surface area contributed by atoms with Crippen molar-refractivity contribution in [1.82, 2.24) is 0 Å². The topological polar surface area (TPSA) is 70.1 Å². The van der Waals surface area contributed by atoms with Crippen LogP contribution in [0.5, 0.6) is 0 Å². The summed E-state index contributed by atoms with van der Waals surface area (Å²) in [4.78, 5) is 14.3. The van der Waals surface area contributed by atoms with Crippen LogP contribution in [0.1, 0.15) is 18.4 Å². The Bertz CT molecular complexity index is 516. The van der Waals surface area contributed by atoms with Gasteiger partial charge in [0.2, 0.25) is 5.91 Å². The molecule has 1 aliphatic heterocycles. The van der Waals surface area contributed by atoms with Crippen LogP contribution in [0.2, 0.25) is 0 Å². The highest BCUT2D eigenvalue weighted by Crippen LogP contribution is 2.31. The molecule has 0 unspecified atom stereocenters. The fourth-order valence-corrected chi connectivity index (χ4v) is 3.04. The second kappa shape index (κ2) is 5.98. The number of hydrogen-bond donors (Lipinski definition) is 1. The van der Waals surface area contributed by atoms with E-state index in [0.717, 1.165) is 42.1 Å². The Balaban J connectivity index is 2.20. The normalized spacial score (nSPS) is 16.1. The van der Waals surface area contributed by atoms with Gasteiger partial charge in [0, 0.05) is 23.9 Å². The zero-order chi connectivity index (χ0) is 13.8. The number of benzene rings is 1. The van der Waals surface area contributed by atoms with Gasteiger partial charge in [-0.25, -0.2) is 0 Å². The number of thioether (sulfide) groups is 1. The lowest BCUT2D eigenvalue weighted by Crippen LogP contribution is -2.38. The summed E-state index contributed by atoms with van der Waals surface area (Å²) in [5, 5.41) is 9.34. The van der Waals surface area contributed by atoms with Crippen molar-refractivity contribution in [3.05, 3.63) is 23.8 Å². The van der Waals surface area contributed by atoms with E-state index in [9.17, 15) is 10.1 Å². The van der Waals surface area contributed by atoms with Gasteiger partial charge in [0.15, 0.2) is 0 Å². The minimum absolute atomic E-state index is 0.0227. The lowest BCUT2D eigenvalue weighted by Gasteiger charge is -2.33. The van der Waals surface area contributed by atoms with Crippen molar-refractivity contribution in [2.24, 2.45) is 11.7 Å². The Labute approximate surface area is 117 Å². The SMILES string of the molecule is CSc1cccc(N2CCC(C(N)=O)CC2)c1C#N. The van der Waals surface area contributed by atoms with Gasteiger partial charge in [0.1, 0.15) is 6.07 Å². The first kappa shape index (κ1) is 13.8. The fourth-order valence-electron chi connectivity index (χ4n) is 2.47. The lowest BCUT2D eigenvalue weighted by molar-refractivity contribution is -0.122. The van der Waals surface area contributed by atoms with Crippen LogP contribution in [0.3, 0.4) is 0 Å². The highest BCUT2D eigenvalue weighted by atomic mass is 32.2. The summed E-state index contributed by atoms with van der Waals surface area (Å²) < 4.78 is 0. The van der Waals surface area contributed by atoms with Gasteiger partial charge in [-0.05, 0) is 31.2 Å². The third-order valence-corrected chi connectivity index (χ3v) is 4.35. The van der Waals surface area contributed by atoms with Crippen LogP contribution >= 0.6 is 11.8 Å². The van der Waals surface area contributed by atoms with Gasteiger partial charge in [-0.1, -0.05) is 6.07 Å². The Kier molecular flexibility index (Phi) is 4.33. The minimum atomic E-state index is -0.210. The zero-order valence-corrected chi connectivity index (χ0v) is 11.7. The molecule has 5 heteroatoms. The van der Waals surface area contributed by atoms with Crippen LogP contribution in [0.15, 0.2) is 23.1 Å². The molecule has 1 aromatic carbocycles. The van der Waals surface area contributed by atoms with E-state index in [4.69, 9.17) is 5.73 Å². The van der Waals surface area contributed by atoms with E-state index in [1.807, 2.05) is 24.5 Å². The molecular weight excluding hydrogens is 258 g/mol. The third kappa shape index (κ3) is 2.85. The molecule has 0 aliphatic carbocycles. The van der Waals surface area contributed by atoms with Gasteiger partial charge in [-0.3, -0.25) is 4.79 Å². The highest BCUT2D eigenvalue weighted by molar-refractivity contribution is 7.98. The molecule has 2 N–H and O–H groups in total. The van der Waals surface area contributed by atoms with Crippen molar-refractivity contribution >= 4 is 23.4 Å². The van der Waals surface area contributed by atoms with Gasteiger partial charge in [0.25, 0.3) is 0 Å². The van der Waals surface area contributed by atoms with Crippen molar-refractivity contribution in [2.45, 2.75) is 17.7 Å². The standard InChI is InChI=1S/C14H17N3OS/c1-19-13-4-2-3-12(11(13)9-15)17-7-5-10(6-8-17)14(16)18/h2-4,10H,5-8H2,1H3,(H2,16,18). The second-order valence-electron chi connectivity index (χ2n) is 4.63. The van der Waals surface area contributed by atoms with Gasteiger partial charge >= 0.3 is 0 Å². The summed E-state index contributed by atoms with van der Waals surface area (Å²) in [6, 6.07) is 8.20. The first-order valence-corrected chi connectivity index (χ1v) is 7.51. The van der Waals surface area contributed by atoms with E-state index < -0.39 is 0 Å². The second-order valence-corrected chi connectivity index (χ2v) is 5.48. The van der Waals surface area contributed by atoms with E-state index in [1.54, 1.807) is 11.8 Å². The highest BCUT2D eigenvalue weighted by Gasteiger charge is 2.24. The van der Waals surface area contributed by atoms with Crippen molar-refractivity contribution in [2.75, 3.05) is 24.2 Å². The maximum Gasteiger partial charge on any atom is 0.220 e. The molecule has 1 amide bonds. The molecule has 1 fully saturated rings. The number of nitriles is 1. The number of amides is 1. The first-order chi connectivity index (χ1) is 9.17. The largest absolute Gasteiger partial charge is 0.370 e. The predicted octanol–water partition coefficient (Wildman–Crippen LogP) is 1.98. The van der Waals surface area contributed by atoms with Crippen molar-refractivity contribution in [1.29, 1.82) is 5.26 Å². The Morgan fingerprint density at radius 1 is 1.47 bits per heavy atom. The van der Waals surface area contributed by atoms with Gasteiger partial charge in [-0.15, -0.1) is 11.8 Å². The lowest BCUT2D eigenvalue weighted by atomic mass is 9.95. The minimum Gasteiger partial charge on any atom is -0.370 e. The van der Waals surface area contributed by atoms with Crippen LogP contribution in [0.4, 0.5) is 5.69 Å². The van der Waals surface area contributed by atoms with Crippen molar-refractivity contribution in [3.8, 4) is 6.07 Å². The molecule has 0 bridgehead atoms. The average Bonchev–Trinajstić information content (AvgIpc) is 2.46. The monoisotopic (exact) mass is 275 g/mol. The molecule has 2 rings (SSSR count). The van der Waals surface area contributed by atoms with Gasteiger partial charge < -0.3 is 10.6 Å². The predicted molar refractivity (Wildman–Crippen MR) is 77.1 cm³/mol. The van der Waals surface area contributed by atoms with E-state index >= 15 is 0 Å². The third-order valence-electron chi connectivity index (χ3n) is 3.57. The molecule has 100 valence electrons. The van der Waals surface area contributed by atoms with Crippen molar-refractivity contribution in [3.63, 3.8) is 0 Å². The number of primary amides is 1. The molecule has 0 saturated carbocycles. The Hall–Kier alpha value is -1.67. The molecule has 0 aromatic heterocycles. The molecule has 1 heterocycles. The summed E-state index contributed by atoms with van der Waals surface area (Å²) in [6.07, 6.45) is 3.51. The van der Waals surface area contributed by atoms with Gasteiger partial charge in [-0.2, -0.15) is 5.26 Å². The smallest absolute Gasteiger partial charge is 0.220 e. The molecule has 19 heavy (non-hydrogen) atoms. The first-order valence-electron chi connectivity index (χ1n) is 6.28. The maximum atomic E-state index is 11.2. The molecule has 0 radical (unpaired) electrons. The average molecular weight is 275 g/mol. The molecule has 4 nitrogen and oxygen atoms in total. The van der Waals surface area contributed by atoms with E-state index in [2.05, 4.69) is 11.0 Å². The molecule has 1 aromatic rings. The number of nitrogens with two attached hydrogens (primary N) is 1. The Morgan fingerprint density at radius 3 is 2.68 bits per heavy atom. The van der Waals surface area contributed by atoms with E-state index in [1.165, 1.54) is 0 Å². The number of carbonyl (C=O) groups excluding carboxylic acids is 1. The number of anilines is 1. The molecule has 0 atom stereocenters. The van der Waals surface area contributed by atoms with E-state index in [-0.39, 0.29) is 11.8 Å². The number of carbonyl (C=O) groups is 1. The van der Waals surface area contributed by atoms with Crippen LogP contribution in [-0.4, -0.2) is 25.3 Å². The summed E-state index contributed by atoms with van der Waals surface area (Å²) in [5.74, 6) is -0.233. The molecular formula is C14H17N3OS. The van der Waals surface area contributed by atoms with Crippen LogP contribution in [0.25, 0.3) is 0 Å². The van der Waals surface area contributed by atoms with Gasteiger partial charge in [0.05, 0.1) is 11.3 Å². The van der Waals surface area contributed by atoms with Crippen LogP contribution in [-0.2, 0) is 4.79 Å². The molecule has 0 spiro atoms. The zero-order valence-electron chi connectivity index (χ0n) is 10.9. The summed E-state index contributed by atoms with van der Waals surface area (Å²) in [7, 11) is 0. The van der Waals surface area contributed by atoms with Crippen molar-refractivity contribution < 1.29 is 4.79 Å². The number of hydrogen-bond acceptors (Lipinski definition) is 4. The van der Waals surface area contributed by atoms with Crippen LogP contribution in [0, 0.1) is 17.2 Å². The molecule has 1 saturated heterocycles. The fraction of sp³-hybridized carbons (Fsp3) is 0.429. The summed E-state index contributed by atoms with van der Waals surface area (Å²) in [6.45, 7) is 1.56. The number of piperidine rings is 1. The Morgan fingerprint density at radius 2 is 2.16 bits per heavy atom. The molecule has 1 aliphatic rings. The number of nitrogens with zero attached hydrogens (tertiary/aromatic N) is 2. The summed E-state index contributed by atoms with van der Waals surface area (Å²) in [5.41, 5.74) is 7.04. The quantitative estimate of drug-likeness (QED) is 0.856. The van der Waals surface area contributed by atoms with E-state index in [0.29, 0.717) is 0 Å². The van der Waals surface area contributed by atoms with Crippen LogP contribution < -0.4 is 10.6 Å². The number of rotatable bonds is 3. The summed E-state index contributed by atoms with van der Waals surface area (Å²) >= 11 is 1.58.